The fraction of sp³-hybridized carbons (Fsp3) is 0.333. The summed E-state index contributed by atoms with van der Waals surface area (Å²) in [4.78, 5) is 5.03. The Morgan fingerprint density at radius 3 is 2.89 bits per heavy atom. The molecule has 1 aromatic heterocycles. The van der Waals surface area contributed by atoms with Gasteiger partial charge in [-0.05, 0) is 24.5 Å². The highest BCUT2D eigenvalue weighted by atomic mass is 32.1. The Morgan fingerprint density at radius 2 is 2.16 bits per heavy atom. The van der Waals surface area contributed by atoms with Crippen LogP contribution in [-0.2, 0) is 0 Å². The lowest BCUT2D eigenvalue weighted by atomic mass is 10.1. The van der Waals surface area contributed by atoms with E-state index in [1.807, 2.05) is 30.3 Å². The number of benzene rings is 1. The number of rotatable bonds is 5. The van der Waals surface area contributed by atoms with Gasteiger partial charge >= 0.3 is 0 Å². The topological polar surface area (TPSA) is 50.9 Å². The Morgan fingerprint density at radius 1 is 1.37 bits per heavy atom. The van der Waals surface area contributed by atoms with E-state index in [1.165, 1.54) is 19.3 Å². The summed E-state index contributed by atoms with van der Waals surface area (Å²) in [5, 5.41) is 4.39. The van der Waals surface area contributed by atoms with Crippen LogP contribution in [0.25, 0.3) is 10.9 Å². The zero-order chi connectivity index (χ0) is 13.2. The maximum absolute atomic E-state index is 5.81. The second-order valence-electron chi connectivity index (χ2n) is 5.10. The van der Waals surface area contributed by atoms with E-state index in [4.69, 9.17) is 18.0 Å². The number of hydrogen-bond acceptors (Lipinski definition) is 3. The first-order valence-corrected chi connectivity index (χ1v) is 7.08. The Balaban J connectivity index is 1.88. The minimum absolute atomic E-state index is 0.420. The van der Waals surface area contributed by atoms with E-state index >= 15 is 0 Å². The van der Waals surface area contributed by atoms with Crippen LogP contribution in [0.2, 0.25) is 0 Å². The molecule has 98 valence electrons. The number of nitrogens with zero attached hydrogens (tertiary/aromatic N) is 1. The first kappa shape index (κ1) is 12.4. The van der Waals surface area contributed by atoms with Gasteiger partial charge in [-0.3, -0.25) is 0 Å². The van der Waals surface area contributed by atoms with E-state index in [0.29, 0.717) is 4.99 Å². The lowest BCUT2D eigenvalue weighted by Crippen LogP contribution is -2.12. The van der Waals surface area contributed by atoms with Gasteiger partial charge in [-0.25, -0.2) is 4.98 Å². The van der Waals surface area contributed by atoms with Crippen LogP contribution in [-0.4, -0.2) is 16.5 Å². The van der Waals surface area contributed by atoms with Gasteiger partial charge in [0, 0.05) is 17.5 Å². The molecule has 0 atom stereocenters. The predicted octanol–water partition coefficient (Wildman–Crippen LogP) is 3.08. The molecule has 0 radical (unpaired) electrons. The lowest BCUT2D eigenvalue weighted by molar-refractivity contribution is 0.758. The number of thiocarbonyl (C=S) groups is 1. The fourth-order valence-electron chi connectivity index (χ4n) is 2.28. The van der Waals surface area contributed by atoms with E-state index in [-0.39, 0.29) is 0 Å². The molecule has 0 amide bonds. The first-order valence-electron chi connectivity index (χ1n) is 6.67. The van der Waals surface area contributed by atoms with Gasteiger partial charge in [-0.1, -0.05) is 43.3 Å². The van der Waals surface area contributed by atoms with Crippen molar-refractivity contribution in [1.29, 1.82) is 0 Å². The number of pyridine rings is 1. The summed E-state index contributed by atoms with van der Waals surface area (Å²) in [7, 11) is 0. The van der Waals surface area contributed by atoms with Gasteiger partial charge in [0.2, 0.25) is 0 Å². The number of hydrogen-bond donors (Lipinski definition) is 2. The predicted molar refractivity (Wildman–Crippen MR) is 83.5 cm³/mol. The summed E-state index contributed by atoms with van der Waals surface area (Å²) in [5.41, 5.74) is 7.64. The van der Waals surface area contributed by atoms with Crippen molar-refractivity contribution in [3.8, 4) is 0 Å². The molecule has 0 saturated heterocycles. The van der Waals surface area contributed by atoms with Crippen molar-refractivity contribution in [2.75, 3.05) is 11.9 Å². The highest BCUT2D eigenvalue weighted by molar-refractivity contribution is 7.80. The van der Waals surface area contributed by atoms with Crippen molar-refractivity contribution in [1.82, 2.24) is 4.98 Å². The highest BCUT2D eigenvalue weighted by Gasteiger charge is 2.20. The zero-order valence-corrected chi connectivity index (χ0v) is 11.5. The molecule has 1 aliphatic carbocycles. The third kappa shape index (κ3) is 2.84. The summed E-state index contributed by atoms with van der Waals surface area (Å²) in [6, 6.07) is 9.91. The van der Waals surface area contributed by atoms with Crippen LogP contribution in [0.3, 0.4) is 0 Å². The Labute approximate surface area is 118 Å². The molecule has 3 nitrogen and oxygen atoms in total. The Bertz CT molecular complexity index is 620. The molecule has 3 rings (SSSR count). The average molecular weight is 271 g/mol. The molecule has 1 heterocycles. The van der Waals surface area contributed by atoms with Crippen molar-refractivity contribution in [3.05, 3.63) is 35.9 Å². The van der Waals surface area contributed by atoms with Gasteiger partial charge in [0.15, 0.2) is 0 Å². The molecule has 1 aromatic carbocycles. The number of fused-ring (bicyclic) bond motifs is 1. The molecule has 0 spiro atoms. The third-order valence-electron chi connectivity index (χ3n) is 3.54. The molecule has 1 saturated carbocycles. The standard InChI is InChI=1S/C15H17N3S/c16-15(19)12-9-14(17-8-7-10-5-6-10)18-13-4-2-1-3-11(12)13/h1-4,9-10H,5-8H2,(H2,16,19)(H,17,18). The molecule has 1 aliphatic rings. The maximum Gasteiger partial charge on any atom is 0.127 e. The number of para-hydroxylation sites is 1. The normalized spacial score (nSPS) is 14.5. The van der Waals surface area contributed by atoms with Crippen molar-refractivity contribution < 1.29 is 0 Å². The summed E-state index contributed by atoms with van der Waals surface area (Å²) >= 11 is 5.14. The molecule has 4 heteroatoms. The SMILES string of the molecule is NC(=S)c1cc(NCCC2CC2)nc2ccccc12. The van der Waals surface area contributed by atoms with E-state index in [2.05, 4.69) is 10.3 Å². The Hall–Kier alpha value is -1.68. The second-order valence-corrected chi connectivity index (χ2v) is 5.54. The Kier molecular flexibility index (Phi) is 3.34. The first-order chi connectivity index (χ1) is 9.24. The lowest BCUT2D eigenvalue weighted by Gasteiger charge is -2.10. The van der Waals surface area contributed by atoms with Crippen LogP contribution >= 0.6 is 12.2 Å². The van der Waals surface area contributed by atoms with Crippen LogP contribution in [0.15, 0.2) is 30.3 Å². The summed E-state index contributed by atoms with van der Waals surface area (Å²) in [6.07, 6.45) is 3.98. The number of aromatic nitrogens is 1. The van der Waals surface area contributed by atoms with E-state index in [1.54, 1.807) is 0 Å². The van der Waals surface area contributed by atoms with Crippen LogP contribution in [0, 0.1) is 5.92 Å². The van der Waals surface area contributed by atoms with Crippen LogP contribution in [0.4, 0.5) is 5.82 Å². The number of anilines is 1. The summed E-state index contributed by atoms with van der Waals surface area (Å²) in [5.74, 6) is 1.78. The number of nitrogens with one attached hydrogen (secondary N) is 1. The zero-order valence-electron chi connectivity index (χ0n) is 10.7. The van der Waals surface area contributed by atoms with Crippen molar-refractivity contribution in [2.24, 2.45) is 11.7 Å². The largest absolute Gasteiger partial charge is 0.389 e. The average Bonchev–Trinajstić information content (AvgIpc) is 3.22. The molecule has 3 N–H and O–H groups in total. The van der Waals surface area contributed by atoms with E-state index in [9.17, 15) is 0 Å². The molecule has 0 aliphatic heterocycles. The second kappa shape index (κ2) is 5.13. The number of nitrogens with two attached hydrogens (primary N) is 1. The van der Waals surface area contributed by atoms with Crippen LogP contribution in [0.1, 0.15) is 24.8 Å². The molecule has 0 unspecified atom stereocenters. The van der Waals surface area contributed by atoms with Crippen LogP contribution in [0.5, 0.6) is 0 Å². The van der Waals surface area contributed by atoms with Crippen LogP contribution < -0.4 is 11.1 Å². The van der Waals surface area contributed by atoms with Gasteiger partial charge in [0.05, 0.1) is 5.52 Å². The van der Waals surface area contributed by atoms with Gasteiger partial charge in [0.25, 0.3) is 0 Å². The molecule has 19 heavy (non-hydrogen) atoms. The quantitative estimate of drug-likeness (QED) is 0.821. The summed E-state index contributed by atoms with van der Waals surface area (Å²) in [6.45, 7) is 0.965. The monoisotopic (exact) mass is 271 g/mol. The van der Waals surface area contributed by atoms with Gasteiger partial charge in [-0.15, -0.1) is 0 Å². The van der Waals surface area contributed by atoms with Gasteiger partial charge < -0.3 is 11.1 Å². The van der Waals surface area contributed by atoms with Gasteiger partial charge in [0.1, 0.15) is 10.8 Å². The minimum atomic E-state index is 0.420. The van der Waals surface area contributed by atoms with Crippen molar-refractivity contribution in [3.63, 3.8) is 0 Å². The molecule has 2 aromatic rings. The minimum Gasteiger partial charge on any atom is -0.389 e. The molecular formula is C15H17N3S. The molecule has 0 bridgehead atoms. The van der Waals surface area contributed by atoms with Crippen molar-refractivity contribution in [2.45, 2.75) is 19.3 Å². The fourth-order valence-corrected chi connectivity index (χ4v) is 2.45. The van der Waals surface area contributed by atoms with Gasteiger partial charge in [-0.2, -0.15) is 0 Å². The molecular weight excluding hydrogens is 254 g/mol. The highest BCUT2D eigenvalue weighted by Crippen LogP contribution is 2.32. The maximum atomic E-state index is 5.81. The van der Waals surface area contributed by atoms with E-state index < -0.39 is 0 Å². The molecule has 1 fully saturated rings. The smallest absolute Gasteiger partial charge is 0.127 e. The van der Waals surface area contributed by atoms with E-state index in [0.717, 1.165) is 34.7 Å². The third-order valence-corrected chi connectivity index (χ3v) is 3.76. The van der Waals surface area contributed by atoms with Crippen molar-refractivity contribution >= 4 is 33.9 Å². The summed E-state index contributed by atoms with van der Waals surface area (Å²) < 4.78 is 0.